The SMILES string of the molecule is CCNC(=NCC(=O)Nc1ccc(O)cc1)N(C)Cc1cc2ccccc2o1.I. The Morgan fingerprint density at radius 2 is 1.90 bits per heavy atom. The lowest BCUT2D eigenvalue weighted by Crippen LogP contribution is -2.39. The molecule has 3 N–H and O–H groups in total. The third-order valence-electron chi connectivity index (χ3n) is 4.09. The number of carbonyl (C=O) groups excluding carboxylic acids is 1. The van der Waals surface area contributed by atoms with E-state index in [9.17, 15) is 9.90 Å². The van der Waals surface area contributed by atoms with Crippen LogP contribution in [0.2, 0.25) is 0 Å². The van der Waals surface area contributed by atoms with Gasteiger partial charge in [0.15, 0.2) is 5.96 Å². The molecule has 1 heterocycles. The van der Waals surface area contributed by atoms with Gasteiger partial charge in [-0.25, -0.2) is 4.99 Å². The number of amides is 1. The molecule has 0 aliphatic heterocycles. The summed E-state index contributed by atoms with van der Waals surface area (Å²) in [7, 11) is 1.90. The van der Waals surface area contributed by atoms with Crippen LogP contribution < -0.4 is 10.6 Å². The fourth-order valence-electron chi connectivity index (χ4n) is 2.79. The Labute approximate surface area is 186 Å². The highest BCUT2D eigenvalue weighted by molar-refractivity contribution is 14.0. The van der Waals surface area contributed by atoms with E-state index in [-0.39, 0.29) is 42.2 Å². The van der Waals surface area contributed by atoms with Gasteiger partial charge in [-0.1, -0.05) is 18.2 Å². The molecule has 7 nitrogen and oxygen atoms in total. The van der Waals surface area contributed by atoms with Crippen molar-refractivity contribution in [2.75, 3.05) is 25.5 Å². The molecule has 0 aliphatic rings. The van der Waals surface area contributed by atoms with Crippen LogP contribution in [0, 0.1) is 0 Å². The second kappa shape index (κ2) is 10.7. The maximum Gasteiger partial charge on any atom is 0.246 e. The van der Waals surface area contributed by atoms with Gasteiger partial charge in [-0.2, -0.15) is 0 Å². The van der Waals surface area contributed by atoms with Crippen LogP contribution in [0.25, 0.3) is 11.0 Å². The number of phenols is 1. The minimum absolute atomic E-state index is 0. The number of para-hydroxylation sites is 1. The Kier molecular flexibility index (Phi) is 8.32. The molecule has 0 atom stereocenters. The summed E-state index contributed by atoms with van der Waals surface area (Å²) in [5, 5.41) is 16.3. The first-order valence-electron chi connectivity index (χ1n) is 9.11. The number of guanidine groups is 1. The molecule has 0 radical (unpaired) electrons. The van der Waals surface area contributed by atoms with Crippen LogP contribution in [0.5, 0.6) is 5.75 Å². The predicted octanol–water partition coefficient (Wildman–Crippen LogP) is 3.79. The average molecular weight is 508 g/mol. The largest absolute Gasteiger partial charge is 0.508 e. The molecule has 0 aliphatic carbocycles. The monoisotopic (exact) mass is 508 g/mol. The molecule has 0 bridgehead atoms. The van der Waals surface area contributed by atoms with Crippen molar-refractivity contribution in [3.63, 3.8) is 0 Å². The van der Waals surface area contributed by atoms with E-state index in [1.807, 2.05) is 49.2 Å². The third-order valence-corrected chi connectivity index (χ3v) is 4.09. The molecule has 0 unspecified atom stereocenters. The number of hydrogen-bond donors (Lipinski definition) is 3. The van der Waals surface area contributed by atoms with Crippen LogP contribution >= 0.6 is 24.0 Å². The van der Waals surface area contributed by atoms with Crippen LogP contribution in [0.15, 0.2) is 64.0 Å². The maximum atomic E-state index is 12.2. The smallest absolute Gasteiger partial charge is 0.246 e. The first-order valence-corrected chi connectivity index (χ1v) is 9.11. The maximum absolute atomic E-state index is 12.2. The number of furan rings is 1. The van der Waals surface area contributed by atoms with Gasteiger partial charge in [-0.15, -0.1) is 24.0 Å². The van der Waals surface area contributed by atoms with Crippen LogP contribution in [-0.2, 0) is 11.3 Å². The van der Waals surface area contributed by atoms with Crippen molar-refractivity contribution in [1.82, 2.24) is 10.2 Å². The molecule has 3 rings (SSSR count). The highest BCUT2D eigenvalue weighted by atomic mass is 127. The molecule has 29 heavy (non-hydrogen) atoms. The summed E-state index contributed by atoms with van der Waals surface area (Å²) in [6.45, 7) is 3.16. The van der Waals surface area contributed by atoms with E-state index >= 15 is 0 Å². The summed E-state index contributed by atoms with van der Waals surface area (Å²) in [6.07, 6.45) is 0. The van der Waals surface area contributed by atoms with E-state index in [2.05, 4.69) is 15.6 Å². The van der Waals surface area contributed by atoms with Gasteiger partial charge in [0, 0.05) is 24.7 Å². The van der Waals surface area contributed by atoms with Gasteiger partial charge in [0.25, 0.3) is 0 Å². The molecule has 154 valence electrons. The van der Waals surface area contributed by atoms with Crippen molar-refractivity contribution in [2.24, 2.45) is 4.99 Å². The van der Waals surface area contributed by atoms with E-state index in [4.69, 9.17) is 4.42 Å². The molecule has 1 aromatic heterocycles. The number of nitrogens with zero attached hydrogens (tertiary/aromatic N) is 2. The number of hydrogen-bond acceptors (Lipinski definition) is 4. The number of nitrogens with one attached hydrogen (secondary N) is 2. The van der Waals surface area contributed by atoms with Crippen molar-refractivity contribution in [3.8, 4) is 5.75 Å². The van der Waals surface area contributed by atoms with Crippen molar-refractivity contribution >= 4 is 52.5 Å². The molecule has 0 saturated carbocycles. The number of aliphatic imine (C=N–C) groups is 1. The molecule has 8 heteroatoms. The van der Waals surface area contributed by atoms with Crippen molar-refractivity contribution in [3.05, 3.63) is 60.4 Å². The minimum Gasteiger partial charge on any atom is -0.508 e. The zero-order chi connectivity index (χ0) is 19.9. The zero-order valence-corrected chi connectivity index (χ0v) is 18.7. The standard InChI is InChI=1S/C21H24N4O3.HI/c1-3-22-21(23-13-20(27)24-16-8-10-17(26)11-9-16)25(2)14-18-12-15-6-4-5-7-19(15)28-18;/h4-12,26H,3,13-14H2,1-2H3,(H,22,23)(H,24,27);1H. The van der Waals surface area contributed by atoms with Crippen LogP contribution in [0.1, 0.15) is 12.7 Å². The molecular weight excluding hydrogens is 483 g/mol. The number of benzene rings is 2. The van der Waals surface area contributed by atoms with Gasteiger partial charge in [0.2, 0.25) is 5.91 Å². The summed E-state index contributed by atoms with van der Waals surface area (Å²) in [6, 6.07) is 16.2. The fraction of sp³-hybridized carbons (Fsp3) is 0.238. The lowest BCUT2D eigenvalue weighted by atomic mass is 10.2. The Morgan fingerprint density at radius 3 is 2.59 bits per heavy atom. The van der Waals surface area contributed by atoms with Gasteiger partial charge in [0.05, 0.1) is 6.54 Å². The topological polar surface area (TPSA) is 90.1 Å². The van der Waals surface area contributed by atoms with Gasteiger partial charge < -0.3 is 25.1 Å². The lowest BCUT2D eigenvalue weighted by Gasteiger charge is -2.20. The molecule has 0 fully saturated rings. The summed E-state index contributed by atoms with van der Waals surface area (Å²) in [5.74, 6) is 1.35. The van der Waals surface area contributed by atoms with Crippen LogP contribution in [0.3, 0.4) is 0 Å². The highest BCUT2D eigenvalue weighted by Crippen LogP contribution is 2.19. The Morgan fingerprint density at radius 1 is 1.17 bits per heavy atom. The third kappa shape index (κ3) is 6.38. The van der Waals surface area contributed by atoms with E-state index < -0.39 is 0 Å². The van der Waals surface area contributed by atoms with Crippen LogP contribution in [-0.4, -0.2) is 42.0 Å². The number of halogens is 1. The van der Waals surface area contributed by atoms with Crippen molar-refractivity contribution < 1.29 is 14.3 Å². The molecule has 0 saturated heterocycles. The number of anilines is 1. The zero-order valence-electron chi connectivity index (χ0n) is 16.4. The Bertz CT molecular complexity index is 936. The summed E-state index contributed by atoms with van der Waals surface area (Å²) < 4.78 is 5.86. The Hall–Kier alpha value is -2.75. The number of aromatic hydroxyl groups is 1. The highest BCUT2D eigenvalue weighted by Gasteiger charge is 2.11. The van der Waals surface area contributed by atoms with Gasteiger partial charge in [0.1, 0.15) is 23.6 Å². The molecule has 2 aromatic carbocycles. The first-order chi connectivity index (χ1) is 13.5. The number of phenolic OH excluding ortho intramolecular Hbond substituents is 1. The second-order valence-corrected chi connectivity index (χ2v) is 6.37. The van der Waals surface area contributed by atoms with Gasteiger partial charge in [-0.05, 0) is 43.3 Å². The number of fused-ring (bicyclic) bond motifs is 1. The van der Waals surface area contributed by atoms with Crippen molar-refractivity contribution in [2.45, 2.75) is 13.5 Å². The predicted molar refractivity (Wildman–Crippen MR) is 126 cm³/mol. The normalized spacial score (nSPS) is 11.0. The molecule has 0 spiro atoms. The summed E-state index contributed by atoms with van der Waals surface area (Å²) >= 11 is 0. The average Bonchev–Trinajstić information content (AvgIpc) is 3.09. The fourth-order valence-corrected chi connectivity index (χ4v) is 2.79. The van der Waals surface area contributed by atoms with Gasteiger partial charge in [-0.3, -0.25) is 4.79 Å². The van der Waals surface area contributed by atoms with Gasteiger partial charge >= 0.3 is 0 Å². The summed E-state index contributed by atoms with van der Waals surface area (Å²) in [5.41, 5.74) is 1.46. The molecule has 1 amide bonds. The first kappa shape index (κ1) is 22.5. The number of rotatable bonds is 6. The van der Waals surface area contributed by atoms with E-state index in [0.29, 0.717) is 24.7 Å². The Balaban J connectivity index is 0.00000300. The number of carbonyl (C=O) groups is 1. The quantitative estimate of drug-likeness (QED) is 0.204. The summed E-state index contributed by atoms with van der Waals surface area (Å²) in [4.78, 5) is 18.5. The molecule has 3 aromatic rings. The van der Waals surface area contributed by atoms with Crippen LogP contribution in [0.4, 0.5) is 5.69 Å². The molecular formula is C21H25IN4O3. The second-order valence-electron chi connectivity index (χ2n) is 6.37. The minimum atomic E-state index is -0.238. The van der Waals surface area contributed by atoms with Crippen molar-refractivity contribution in [1.29, 1.82) is 0 Å². The van der Waals surface area contributed by atoms with E-state index in [1.165, 1.54) is 12.1 Å². The lowest BCUT2D eigenvalue weighted by molar-refractivity contribution is -0.114. The van der Waals surface area contributed by atoms with E-state index in [1.54, 1.807) is 12.1 Å². The van der Waals surface area contributed by atoms with E-state index in [0.717, 1.165) is 16.7 Å².